The number of aromatic nitrogens is 2. The third-order valence-corrected chi connectivity index (χ3v) is 2.83. The monoisotopic (exact) mass is 234 g/mol. The van der Waals surface area contributed by atoms with Crippen molar-refractivity contribution in [1.29, 1.82) is 0 Å². The third kappa shape index (κ3) is 1.86. The van der Waals surface area contributed by atoms with Crippen LogP contribution in [-0.4, -0.2) is 16.3 Å². The summed E-state index contributed by atoms with van der Waals surface area (Å²) < 4.78 is 0. The Balaban J connectivity index is 2.15. The molecule has 1 aromatic carbocycles. The smallest absolute Gasteiger partial charge is 0.151 e. The lowest BCUT2D eigenvalue weighted by molar-refractivity contribution is 0.112. The molecule has 0 aliphatic carbocycles. The van der Waals surface area contributed by atoms with E-state index < -0.39 is 0 Å². The molecule has 0 unspecified atom stereocenters. The van der Waals surface area contributed by atoms with Crippen LogP contribution in [0.5, 0.6) is 0 Å². The molecule has 3 heteroatoms. The fourth-order valence-corrected chi connectivity index (χ4v) is 1.94. The van der Waals surface area contributed by atoms with Crippen molar-refractivity contribution in [2.75, 3.05) is 0 Å². The molecular formula is C15H10N2O. The summed E-state index contributed by atoms with van der Waals surface area (Å²) in [6.07, 6.45) is 5.89. The molecule has 0 saturated carbocycles. The van der Waals surface area contributed by atoms with Crippen LogP contribution in [0.2, 0.25) is 0 Å². The van der Waals surface area contributed by atoms with Crippen LogP contribution in [-0.2, 0) is 0 Å². The van der Waals surface area contributed by atoms with Crippen LogP contribution in [0.1, 0.15) is 10.4 Å². The Bertz CT molecular complexity index is 722. The summed E-state index contributed by atoms with van der Waals surface area (Å²) >= 11 is 0. The van der Waals surface area contributed by atoms with Gasteiger partial charge in [0.25, 0.3) is 0 Å². The van der Waals surface area contributed by atoms with Crippen molar-refractivity contribution >= 4 is 17.2 Å². The Labute approximate surface area is 104 Å². The van der Waals surface area contributed by atoms with Crippen molar-refractivity contribution in [1.82, 2.24) is 9.97 Å². The molecule has 0 aliphatic heterocycles. The SMILES string of the molecule is O=Cc1cncc(-c2ccc3ncccc3c2)c1. The van der Waals surface area contributed by atoms with E-state index in [1.807, 2.05) is 36.4 Å². The number of hydrogen-bond acceptors (Lipinski definition) is 3. The quantitative estimate of drug-likeness (QED) is 0.640. The minimum Gasteiger partial charge on any atom is -0.298 e. The Morgan fingerprint density at radius 2 is 1.94 bits per heavy atom. The highest BCUT2D eigenvalue weighted by Crippen LogP contribution is 2.23. The summed E-state index contributed by atoms with van der Waals surface area (Å²) in [4.78, 5) is 19.1. The van der Waals surface area contributed by atoms with E-state index >= 15 is 0 Å². The van der Waals surface area contributed by atoms with E-state index in [9.17, 15) is 4.79 Å². The van der Waals surface area contributed by atoms with Gasteiger partial charge in [0, 0.05) is 35.1 Å². The fourth-order valence-electron chi connectivity index (χ4n) is 1.94. The highest BCUT2D eigenvalue weighted by atomic mass is 16.1. The first-order chi connectivity index (χ1) is 8.86. The molecule has 2 heterocycles. The van der Waals surface area contributed by atoms with E-state index in [0.717, 1.165) is 28.3 Å². The van der Waals surface area contributed by atoms with Crippen molar-refractivity contribution in [3.05, 3.63) is 60.6 Å². The standard InChI is InChI=1S/C15H10N2O/c18-10-11-6-14(9-16-8-11)12-3-4-15-13(7-12)2-1-5-17-15/h1-10H. The predicted octanol–water partition coefficient (Wildman–Crippen LogP) is 3.11. The normalized spacial score (nSPS) is 10.4. The van der Waals surface area contributed by atoms with Crippen molar-refractivity contribution < 1.29 is 4.79 Å². The van der Waals surface area contributed by atoms with Gasteiger partial charge in [0.1, 0.15) is 0 Å². The van der Waals surface area contributed by atoms with E-state index in [2.05, 4.69) is 9.97 Å². The second-order valence-corrected chi connectivity index (χ2v) is 4.04. The molecule has 0 aliphatic rings. The zero-order chi connectivity index (χ0) is 12.4. The fraction of sp³-hybridized carbons (Fsp3) is 0. The van der Waals surface area contributed by atoms with Gasteiger partial charge in [-0.2, -0.15) is 0 Å². The summed E-state index contributed by atoms with van der Waals surface area (Å²) in [6, 6.07) is 11.8. The number of rotatable bonds is 2. The van der Waals surface area contributed by atoms with Crippen LogP contribution >= 0.6 is 0 Å². The number of hydrogen-bond donors (Lipinski definition) is 0. The van der Waals surface area contributed by atoms with Crippen molar-refractivity contribution in [2.45, 2.75) is 0 Å². The van der Waals surface area contributed by atoms with Gasteiger partial charge in [-0.05, 0) is 29.8 Å². The minimum atomic E-state index is 0.582. The minimum absolute atomic E-state index is 0.582. The molecule has 0 spiro atoms. The van der Waals surface area contributed by atoms with Gasteiger partial charge in [-0.1, -0.05) is 12.1 Å². The highest BCUT2D eigenvalue weighted by molar-refractivity contribution is 5.85. The van der Waals surface area contributed by atoms with Crippen LogP contribution in [0.15, 0.2) is 55.0 Å². The molecule has 3 aromatic rings. The van der Waals surface area contributed by atoms with Crippen LogP contribution in [0.25, 0.3) is 22.0 Å². The highest BCUT2D eigenvalue weighted by Gasteiger charge is 2.01. The maximum atomic E-state index is 10.8. The summed E-state index contributed by atoms with van der Waals surface area (Å²) in [5, 5.41) is 1.08. The van der Waals surface area contributed by atoms with Gasteiger partial charge in [0.05, 0.1) is 5.52 Å². The molecule has 0 fully saturated rings. The molecule has 18 heavy (non-hydrogen) atoms. The molecule has 0 atom stereocenters. The van der Waals surface area contributed by atoms with E-state index in [0.29, 0.717) is 5.56 Å². The van der Waals surface area contributed by atoms with Crippen LogP contribution in [0.4, 0.5) is 0 Å². The van der Waals surface area contributed by atoms with Gasteiger partial charge in [0.15, 0.2) is 6.29 Å². The van der Waals surface area contributed by atoms with Gasteiger partial charge in [-0.3, -0.25) is 14.8 Å². The van der Waals surface area contributed by atoms with E-state index in [1.54, 1.807) is 18.6 Å². The summed E-state index contributed by atoms with van der Waals surface area (Å²) in [7, 11) is 0. The Morgan fingerprint density at radius 1 is 1.00 bits per heavy atom. The molecule has 3 nitrogen and oxygen atoms in total. The summed E-state index contributed by atoms with van der Waals surface area (Å²) in [5.74, 6) is 0. The molecule has 0 radical (unpaired) electrons. The van der Waals surface area contributed by atoms with E-state index in [4.69, 9.17) is 0 Å². The zero-order valence-corrected chi connectivity index (χ0v) is 9.58. The Kier molecular flexibility index (Phi) is 2.57. The molecule has 3 rings (SSSR count). The number of carbonyl (C=O) groups excluding carboxylic acids is 1. The molecule has 0 amide bonds. The average Bonchev–Trinajstić information content (AvgIpc) is 2.47. The number of nitrogens with zero attached hydrogens (tertiary/aromatic N) is 2. The van der Waals surface area contributed by atoms with Gasteiger partial charge >= 0.3 is 0 Å². The lowest BCUT2D eigenvalue weighted by atomic mass is 10.0. The Morgan fingerprint density at radius 3 is 2.83 bits per heavy atom. The van der Waals surface area contributed by atoms with E-state index in [-0.39, 0.29) is 0 Å². The van der Waals surface area contributed by atoms with Crippen LogP contribution in [0, 0.1) is 0 Å². The third-order valence-electron chi connectivity index (χ3n) is 2.83. The number of benzene rings is 1. The second kappa shape index (κ2) is 4.37. The lowest BCUT2D eigenvalue weighted by Crippen LogP contribution is -1.86. The van der Waals surface area contributed by atoms with Gasteiger partial charge < -0.3 is 0 Å². The van der Waals surface area contributed by atoms with E-state index in [1.165, 1.54) is 0 Å². The molecule has 0 N–H and O–H groups in total. The van der Waals surface area contributed by atoms with Crippen molar-refractivity contribution in [3.8, 4) is 11.1 Å². The predicted molar refractivity (Wildman–Crippen MR) is 70.4 cm³/mol. The van der Waals surface area contributed by atoms with Crippen LogP contribution in [0.3, 0.4) is 0 Å². The maximum absolute atomic E-state index is 10.8. The number of fused-ring (bicyclic) bond motifs is 1. The summed E-state index contributed by atoms with van der Waals surface area (Å²) in [6.45, 7) is 0. The number of carbonyl (C=O) groups is 1. The van der Waals surface area contributed by atoms with Gasteiger partial charge in [0.2, 0.25) is 0 Å². The topological polar surface area (TPSA) is 42.9 Å². The zero-order valence-electron chi connectivity index (χ0n) is 9.58. The lowest BCUT2D eigenvalue weighted by Gasteiger charge is -2.03. The van der Waals surface area contributed by atoms with Gasteiger partial charge in [-0.25, -0.2) is 0 Å². The molecule has 86 valence electrons. The van der Waals surface area contributed by atoms with Crippen LogP contribution < -0.4 is 0 Å². The van der Waals surface area contributed by atoms with Crippen molar-refractivity contribution in [2.24, 2.45) is 0 Å². The number of pyridine rings is 2. The maximum Gasteiger partial charge on any atom is 0.151 e. The molecule has 0 saturated heterocycles. The number of aldehydes is 1. The first kappa shape index (κ1) is 10.6. The first-order valence-electron chi connectivity index (χ1n) is 5.62. The van der Waals surface area contributed by atoms with Crippen molar-refractivity contribution in [3.63, 3.8) is 0 Å². The Hall–Kier alpha value is -2.55. The summed E-state index contributed by atoms with van der Waals surface area (Å²) in [5.41, 5.74) is 3.51. The average molecular weight is 234 g/mol. The molecule has 2 aromatic heterocycles. The second-order valence-electron chi connectivity index (χ2n) is 4.04. The van der Waals surface area contributed by atoms with Gasteiger partial charge in [-0.15, -0.1) is 0 Å². The molecular weight excluding hydrogens is 224 g/mol. The molecule has 0 bridgehead atoms. The first-order valence-corrected chi connectivity index (χ1v) is 5.62. The largest absolute Gasteiger partial charge is 0.298 e.